The summed E-state index contributed by atoms with van der Waals surface area (Å²) in [6.45, 7) is 3.68. The second-order valence-electron chi connectivity index (χ2n) is 6.38. The predicted molar refractivity (Wildman–Crippen MR) is 90.9 cm³/mol. The Balaban J connectivity index is 1.70. The highest BCUT2D eigenvalue weighted by Gasteiger charge is 2.24. The number of benzene rings is 1. The van der Waals surface area contributed by atoms with Crippen LogP contribution in [-0.4, -0.2) is 16.0 Å². The fourth-order valence-corrected chi connectivity index (χ4v) is 3.54. The molecule has 0 aliphatic heterocycles. The molecule has 0 saturated heterocycles. The Labute approximate surface area is 140 Å². The van der Waals surface area contributed by atoms with Gasteiger partial charge in [-0.3, -0.25) is 4.79 Å². The van der Waals surface area contributed by atoms with Crippen LogP contribution >= 0.6 is 0 Å². The minimum atomic E-state index is -0.0986. The number of aryl methyl sites for hydroxylation is 3. The topological polar surface area (TPSA) is 68.0 Å². The smallest absolute Gasteiger partial charge is 0.258 e. The Hall–Kier alpha value is -2.69. The summed E-state index contributed by atoms with van der Waals surface area (Å²) in [5.74, 6) is -0.0986. The summed E-state index contributed by atoms with van der Waals surface area (Å²) in [5.41, 5.74) is 4.98. The summed E-state index contributed by atoms with van der Waals surface area (Å²) in [7, 11) is 0. The van der Waals surface area contributed by atoms with Gasteiger partial charge in [0.05, 0.1) is 22.7 Å². The van der Waals surface area contributed by atoms with Gasteiger partial charge in [0.15, 0.2) is 0 Å². The highest BCUT2D eigenvalue weighted by molar-refractivity contribution is 6.06. The van der Waals surface area contributed by atoms with Gasteiger partial charge in [-0.05, 0) is 50.3 Å². The van der Waals surface area contributed by atoms with Gasteiger partial charge in [-0.2, -0.15) is 0 Å². The van der Waals surface area contributed by atoms with Crippen molar-refractivity contribution in [1.29, 1.82) is 0 Å². The van der Waals surface area contributed by atoms with E-state index in [1.807, 2.05) is 19.9 Å². The second-order valence-corrected chi connectivity index (χ2v) is 6.38. The van der Waals surface area contributed by atoms with Crippen LogP contribution in [0.3, 0.4) is 0 Å². The maximum absolute atomic E-state index is 12.9. The molecule has 1 unspecified atom stereocenters. The van der Waals surface area contributed by atoms with E-state index >= 15 is 0 Å². The number of hydrogen-bond acceptors (Lipinski definition) is 4. The predicted octanol–water partition coefficient (Wildman–Crippen LogP) is 3.65. The van der Waals surface area contributed by atoms with Gasteiger partial charge in [-0.15, -0.1) is 0 Å². The molecule has 0 saturated carbocycles. The number of aromatic nitrogens is 2. The summed E-state index contributed by atoms with van der Waals surface area (Å²) in [4.78, 5) is 17.2. The molecule has 5 nitrogen and oxygen atoms in total. The van der Waals surface area contributed by atoms with Crippen LogP contribution in [0.25, 0.3) is 11.1 Å². The molecule has 0 spiro atoms. The summed E-state index contributed by atoms with van der Waals surface area (Å²) in [6.07, 6.45) is 3.11. The van der Waals surface area contributed by atoms with Gasteiger partial charge in [-0.25, -0.2) is 4.98 Å². The molecule has 0 bridgehead atoms. The summed E-state index contributed by atoms with van der Waals surface area (Å²) in [5, 5.41) is 7.83. The number of rotatable bonds is 2. The lowest BCUT2D eigenvalue weighted by atomic mass is 9.87. The van der Waals surface area contributed by atoms with Gasteiger partial charge in [0, 0.05) is 5.69 Å². The van der Waals surface area contributed by atoms with Crippen LogP contribution in [-0.2, 0) is 6.42 Å². The summed E-state index contributed by atoms with van der Waals surface area (Å²) < 4.78 is 5.23. The van der Waals surface area contributed by atoms with Crippen molar-refractivity contribution in [1.82, 2.24) is 15.5 Å². The van der Waals surface area contributed by atoms with E-state index in [0.717, 1.165) is 25.0 Å². The summed E-state index contributed by atoms with van der Waals surface area (Å²) >= 11 is 0. The Bertz CT molecular complexity index is 930. The Kier molecular flexibility index (Phi) is 3.56. The molecule has 1 N–H and O–H groups in total. The number of nitrogens with one attached hydrogen (secondary N) is 1. The number of amides is 1. The maximum atomic E-state index is 12.9. The van der Waals surface area contributed by atoms with Gasteiger partial charge >= 0.3 is 0 Å². The molecule has 1 amide bonds. The van der Waals surface area contributed by atoms with Crippen molar-refractivity contribution in [2.45, 2.75) is 39.2 Å². The molecule has 1 aliphatic carbocycles. The molecule has 0 fully saturated rings. The zero-order chi connectivity index (χ0) is 16.7. The summed E-state index contributed by atoms with van der Waals surface area (Å²) in [6, 6.07) is 10.2. The van der Waals surface area contributed by atoms with Gasteiger partial charge in [0.2, 0.25) is 0 Å². The quantitative estimate of drug-likeness (QED) is 0.782. The highest BCUT2D eigenvalue weighted by atomic mass is 16.5. The average Bonchev–Trinajstić information content (AvgIpc) is 2.95. The largest absolute Gasteiger partial charge is 0.345 e. The molecular formula is C19H19N3O2. The molecule has 1 atom stereocenters. The van der Waals surface area contributed by atoms with Crippen LogP contribution in [0, 0.1) is 13.8 Å². The molecule has 24 heavy (non-hydrogen) atoms. The van der Waals surface area contributed by atoms with Crippen molar-refractivity contribution >= 4 is 17.0 Å². The molecule has 1 aliphatic rings. The fourth-order valence-electron chi connectivity index (χ4n) is 3.54. The number of hydrogen-bond donors (Lipinski definition) is 1. The zero-order valence-corrected chi connectivity index (χ0v) is 13.8. The third-order valence-corrected chi connectivity index (χ3v) is 4.66. The van der Waals surface area contributed by atoms with Crippen LogP contribution in [0.5, 0.6) is 0 Å². The zero-order valence-electron chi connectivity index (χ0n) is 13.8. The van der Waals surface area contributed by atoms with E-state index in [2.05, 4.69) is 33.7 Å². The normalized spacial score (nSPS) is 16.8. The monoisotopic (exact) mass is 321 g/mol. The van der Waals surface area contributed by atoms with Crippen molar-refractivity contribution in [3.05, 3.63) is 58.4 Å². The number of carbonyl (C=O) groups excluding carboxylic acids is 1. The van der Waals surface area contributed by atoms with Crippen molar-refractivity contribution in [2.75, 3.05) is 0 Å². The van der Waals surface area contributed by atoms with E-state index in [9.17, 15) is 4.79 Å². The fraction of sp³-hybridized carbons (Fsp3) is 0.316. The van der Waals surface area contributed by atoms with E-state index in [4.69, 9.17) is 4.52 Å². The van der Waals surface area contributed by atoms with Crippen LogP contribution in [0.4, 0.5) is 0 Å². The first kappa shape index (κ1) is 14.9. The molecular weight excluding hydrogens is 302 g/mol. The minimum Gasteiger partial charge on any atom is -0.345 e. The van der Waals surface area contributed by atoms with Gasteiger partial charge in [0.25, 0.3) is 11.6 Å². The standard InChI is InChI=1S/C19H19N3O2/c1-11-10-15(17-12(2)22-24-19(17)20-11)18(23)21-16-9-5-7-13-6-3-4-8-14(13)16/h3-4,6,8,10,16H,5,7,9H2,1-2H3,(H,21,23). The van der Waals surface area contributed by atoms with Crippen molar-refractivity contribution in [2.24, 2.45) is 0 Å². The van der Waals surface area contributed by atoms with Crippen LogP contribution in [0.1, 0.15) is 51.8 Å². The lowest BCUT2D eigenvalue weighted by molar-refractivity contribution is 0.0934. The van der Waals surface area contributed by atoms with Crippen molar-refractivity contribution in [3.8, 4) is 0 Å². The van der Waals surface area contributed by atoms with Crippen molar-refractivity contribution in [3.63, 3.8) is 0 Å². The van der Waals surface area contributed by atoms with Crippen LogP contribution in [0.15, 0.2) is 34.9 Å². The molecule has 4 rings (SSSR count). The number of pyridine rings is 1. The van der Waals surface area contributed by atoms with E-state index in [-0.39, 0.29) is 11.9 Å². The van der Waals surface area contributed by atoms with E-state index in [0.29, 0.717) is 22.4 Å². The number of nitrogens with zero attached hydrogens (tertiary/aromatic N) is 2. The molecule has 2 heterocycles. The van der Waals surface area contributed by atoms with Gasteiger partial charge in [-0.1, -0.05) is 29.4 Å². The maximum Gasteiger partial charge on any atom is 0.258 e. The Morgan fingerprint density at radius 2 is 2.12 bits per heavy atom. The molecule has 122 valence electrons. The first-order chi connectivity index (χ1) is 11.6. The lowest BCUT2D eigenvalue weighted by Gasteiger charge is -2.26. The van der Waals surface area contributed by atoms with Gasteiger partial charge in [0.1, 0.15) is 0 Å². The molecule has 0 radical (unpaired) electrons. The second kappa shape index (κ2) is 5.74. The molecule has 1 aromatic carbocycles. The van der Waals surface area contributed by atoms with Crippen LogP contribution in [0.2, 0.25) is 0 Å². The minimum absolute atomic E-state index is 0.0473. The number of carbonyl (C=O) groups is 1. The molecule has 2 aromatic heterocycles. The highest BCUT2D eigenvalue weighted by Crippen LogP contribution is 2.30. The molecule has 3 aromatic rings. The lowest BCUT2D eigenvalue weighted by Crippen LogP contribution is -2.31. The average molecular weight is 321 g/mol. The Morgan fingerprint density at radius 1 is 1.29 bits per heavy atom. The number of fused-ring (bicyclic) bond motifs is 2. The van der Waals surface area contributed by atoms with E-state index < -0.39 is 0 Å². The van der Waals surface area contributed by atoms with Crippen molar-refractivity contribution < 1.29 is 9.32 Å². The molecule has 5 heteroatoms. The van der Waals surface area contributed by atoms with E-state index in [1.165, 1.54) is 11.1 Å². The van der Waals surface area contributed by atoms with Crippen LogP contribution < -0.4 is 5.32 Å². The Morgan fingerprint density at radius 3 is 3.00 bits per heavy atom. The third-order valence-electron chi connectivity index (χ3n) is 4.66. The third kappa shape index (κ3) is 2.46. The first-order valence-corrected chi connectivity index (χ1v) is 8.26. The van der Waals surface area contributed by atoms with E-state index in [1.54, 1.807) is 6.07 Å². The SMILES string of the molecule is Cc1cc(C(=O)NC2CCCc3ccccc32)c2c(C)noc2n1. The first-order valence-electron chi connectivity index (χ1n) is 8.26. The van der Waals surface area contributed by atoms with Gasteiger partial charge < -0.3 is 9.84 Å².